The van der Waals surface area contributed by atoms with E-state index in [4.69, 9.17) is 4.74 Å². The first-order chi connectivity index (χ1) is 8.18. The summed E-state index contributed by atoms with van der Waals surface area (Å²) < 4.78 is 5.32. The van der Waals surface area contributed by atoms with Crippen LogP contribution >= 0.6 is 0 Å². The Labute approximate surface area is 104 Å². The van der Waals surface area contributed by atoms with Gasteiger partial charge in [-0.3, -0.25) is 9.69 Å². The lowest BCUT2D eigenvalue weighted by Gasteiger charge is -2.37. The molecule has 0 radical (unpaired) electrons. The summed E-state index contributed by atoms with van der Waals surface area (Å²) in [5, 5.41) is 0. The zero-order valence-electron chi connectivity index (χ0n) is 11.0. The minimum absolute atomic E-state index is 0.0207. The van der Waals surface area contributed by atoms with E-state index in [2.05, 4.69) is 11.8 Å². The highest BCUT2D eigenvalue weighted by atomic mass is 16.5. The van der Waals surface area contributed by atoms with Crippen molar-refractivity contribution in [1.29, 1.82) is 0 Å². The number of carbonyl (C=O) groups excluding carboxylic acids is 1. The lowest BCUT2D eigenvalue weighted by molar-refractivity contribution is -0.139. The van der Waals surface area contributed by atoms with E-state index in [1.54, 1.807) is 0 Å². The van der Waals surface area contributed by atoms with Gasteiger partial charge < -0.3 is 9.64 Å². The summed E-state index contributed by atoms with van der Waals surface area (Å²) in [6.07, 6.45) is 2.31. The third-order valence-electron chi connectivity index (χ3n) is 4.05. The van der Waals surface area contributed by atoms with Crippen LogP contribution in [0, 0.1) is 5.92 Å². The molecule has 0 N–H and O–H groups in total. The molecule has 4 nitrogen and oxygen atoms in total. The van der Waals surface area contributed by atoms with Crippen molar-refractivity contribution in [3.05, 3.63) is 0 Å². The number of nitrogens with zero attached hydrogens (tertiary/aromatic N) is 2. The molecular formula is C13H24N2O2. The van der Waals surface area contributed by atoms with Crippen LogP contribution in [0.4, 0.5) is 0 Å². The van der Waals surface area contributed by atoms with E-state index in [0.717, 1.165) is 58.2 Å². The van der Waals surface area contributed by atoms with Crippen molar-refractivity contribution >= 4 is 5.91 Å². The fraction of sp³-hybridized carbons (Fsp3) is 0.923. The predicted octanol–water partition coefficient (Wildman–Crippen LogP) is 0.966. The first-order valence-corrected chi connectivity index (χ1v) is 6.79. The summed E-state index contributed by atoms with van der Waals surface area (Å²) in [5.74, 6) is 1.08. The van der Waals surface area contributed by atoms with Crippen molar-refractivity contribution in [1.82, 2.24) is 9.80 Å². The van der Waals surface area contributed by atoms with Crippen LogP contribution < -0.4 is 0 Å². The standard InChI is InChI=1S/C13H24N2O2/c1-11-3-5-15(6-4-11)13(16)12(2)14-7-9-17-10-8-14/h11-12H,3-10H2,1-2H3. The molecule has 4 heteroatoms. The molecule has 98 valence electrons. The fourth-order valence-electron chi connectivity index (χ4n) is 2.61. The number of piperidine rings is 1. The van der Waals surface area contributed by atoms with Crippen LogP contribution in [0.25, 0.3) is 0 Å². The van der Waals surface area contributed by atoms with Gasteiger partial charge in [0.25, 0.3) is 0 Å². The number of amides is 1. The average Bonchev–Trinajstić information content (AvgIpc) is 2.39. The summed E-state index contributed by atoms with van der Waals surface area (Å²) in [4.78, 5) is 16.6. The Bertz CT molecular complexity index is 256. The summed E-state index contributed by atoms with van der Waals surface area (Å²) >= 11 is 0. The Hall–Kier alpha value is -0.610. The Balaban J connectivity index is 1.85. The minimum Gasteiger partial charge on any atom is -0.379 e. The first-order valence-electron chi connectivity index (χ1n) is 6.79. The van der Waals surface area contributed by atoms with Crippen LogP contribution in [0.2, 0.25) is 0 Å². The Morgan fingerprint density at radius 1 is 1.18 bits per heavy atom. The lowest BCUT2D eigenvalue weighted by Crippen LogP contribution is -2.52. The molecule has 0 aromatic heterocycles. The van der Waals surface area contributed by atoms with E-state index >= 15 is 0 Å². The highest BCUT2D eigenvalue weighted by molar-refractivity contribution is 5.81. The van der Waals surface area contributed by atoms with Gasteiger partial charge in [0, 0.05) is 26.2 Å². The second-order valence-corrected chi connectivity index (χ2v) is 5.33. The van der Waals surface area contributed by atoms with Gasteiger partial charge in [0.2, 0.25) is 5.91 Å². The quantitative estimate of drug-likeness (QED) is 0.721. The van der Waals surface area contributed by atoms with E-state index in [-0.39, 0.29) is 6.04 Å². The number of likely N-dealkylation sites (tertiary alicyclic amines) is 1. The summed E-state index contributed by atoms with van der Waals surface area (Å²) in [7, 11) is 0. The smallest absolute Gasteiger partial charge is 0.239 e. The largest absolute Gasteiger partial charge is 0.379 e. The first kappa shape index (κ1) is 12.8. The summed E-state index contributed by atoms with van der Waals surface area (Å²) in [6.45, 7) is 9.47. The molecule has 2 aliphatic heterocycles. The molecule has 2 heterocycles. The zero-order valence-corrected chi connectivity index (χ0v) is 11.0. The van der Waals surface area contributed by atoms with Crippen LogP contribution in [0.15, 0.2) is 0 Å². The van der Waals surface area contributed by atoms with Crippen molar-refractivity contribution in [3.63, 3.8) is 0 Å². The molecule has 0 aliphatic carbocycles. The zero-order chi connectivity index (χ0) is 12.3. The van der Waals surface area contributed by atoms with Gasteiger partial charge in [-0.25, -0.2) is 0 Å². The third-order valence-corrected chi connectivity index (χ3v) is 4.05. The van der Waals surface area contributed by atoms with Crippen molar-refractivity contribution in [2.75, 3.05) is 39.4 Å². The molecule has 1 amide bonds. The Kier molecular flexibility index (Phi) is 4.40. The van der Waals surface area contributed by atoms with Gasteiger partial charge in [-0.15, -0.1) is 0 Å². The van der Waals surface area contributed by atoms with E-state index in [9.17, 15) is 4.79 Å². The predicted molar refractivity (Wildman–Crippen MR) is 66.8 cm³/mol. The molecule has 17 heavy (non-hydrogen) atoms. The molecule has 2 saturated heterocycles. The van der Waals surface area contributed by atoms with Gasteiger partial charge in [-0.05, 0) is 25.7 Å². The molecule has 2 aliphatic rings. The number of rotatable bonds is 2. The van der Waals surface area contributed by atoms with Crippen molar-refractivity contribution in [2.24, 2.45) is 5.92 Å². The fourth-order valence-corrected chi connectivity index (χ4v) is 2.61. The molecule has 1 atom stereocenters. The summed E-state index contributed by atoms with van der Waals surface area (Å²) in [6, 6.07) is 0.0207. The highest BCUT2D eigenvalue weighted by Crippen LogP contribution is 2.18. The molecule has 0 saturated carbocycles. The van der Waals surface area contributed by atoms with Crippen LogP contribution in [0.1, 0.15) is 26.7 Å². The van der Waals surface area contributed by atoms with Gasteiger partial charge in [0.15, 0.2) is 0 Å². The topological polar surface area (TPSA) is 32.8 Å². The second kappa shape index (κ2) is 5.83. The third kappa shape index (κ3) is 3.19. The highest BCUT2D eigenvalue weighted by Gasteiger charge is 2.28. The normalized spacial score (nSPS) is 25.9. The van der Waals surface area contributed by atoms with Gasteiger partial charge >= 0.3 is 0 Å². The average molecular weight is 240 g/mol. The van der Waals surface area contributed by atoms with E-state index in [0.29, 0.717) is 5.91 Å². The monoisotopic (exact) mass is 240 g/mol. The maximum atomic E-state index is 12.3. The molecule has 1 unspecified atom stereocenters. The number of morpholine rings is 1. The summed E-state index contributed by atoms with van der Waals surface area (Å²) in [5.41, 5.74) is 0. The number of hydrogen-bond donors (Lipinski definition) is 0. The van der Waals surface area contributed by atoms with Gasteiger partial charge in [0.05, 0.1) is 19.3 Å². The molecule has 0 spiro atoms. The molecule has 0 aromatic rings. The van der Waals surface area contributed by atoms with Crippen molar-refractivity contribution in [2.45, 2.75) is 32.7 Å². The SMILES string of the molecule is CC1CCN(C(=O)C(C)N2CCOCC2)CC1. The van der Waals surface area contributed by atoms with Crippen LogP contribution in [-0.4, -0.2) is 61.1 Å². The lowest BCUT2D eigenvalue weighted by atomic mass is 9.98. The van der Waals surface area contributed by atoms with Gasteiger partial charge in [-0.1, -0.05) is 6.92 Å². The van der Waals surface area contributed by atoms with E-state index in [1.807, 2.05) is 11.8 Å². The maximum Gasteiger partial charge on any atom is 0.239 e. The molecule has 0 aromatic carbocycles. The Morgan fingerprint density at radius 2 is 1.76 bits per heavy atom. The van der Waals surface area contributed by atoms with Crippen LogP contribution in [0.3, 0.4) is 0 Å². The van der Waals surface area contributed by atoms with Crippen LogP contribution in [0.5, 0.6) is 0 Å². The van der Waals surface area contributed by atoms with Gasteiger partial charge in [-0.2, -0.15) is 0 Å². The van der Waals surface area contributed by atoms with Crippen molar-refractivity contribution in [3.8, 4) is 0 Å². The second-order valence-electron chi connectivity index (χ2n) is 5.33. The molecular weight excluding hydrogens is 216 g/mol. The molecule has 2 rings (SSSR count). The molecule has 2 fully saturated rings. The van der Waals surface area contributed by atoms with Crippen molar-refractivity contribution < 1.29 is 9.53 Å². The maximum absolute atomic E-state index is 12.3. The van der Waals surface area contributed by atoms with E-state index in [1.165, 1.54) is 0 Å². The number of hydrogen-bond acceptors (Lipinski definition) is 3. The Morgan fingerprint density at radius 3 is 2.35 bits per heavy atom. The minimum atomic E-state index is 0.0207. The van der Waals surface area contributed by atoms with Crippen LogP contribution in [-0.2, 0) is 9.53 Å². The molecule has 0 bridgehead atoms. The van der Waals surface area contributed by atoms with E-state index < -0.39 is 0 Å². The number of ether oxygens (including phenoxy) is 1. The van der Waals surface area contributed by atoms with Gasteiger partial charge in [0.1, 0.15) is 0 Å². The number of carbonyl (C=O) groups is 1.